The normalized spacial score (nSPS) is 10.5. The van der Waals surface area contributed by atoms with Crippen LogP contribution < -0.4 is 15.4 Å². The second kappa shape index (κ2) is 9.64. The highest BCUT2D eigenvalue weighted by Gasteiger charge is 2.20. The molecule has 3 rings (SSSR count). The van der Waals surface area contributed by atoms with E-state index in [-0.39, 0.29) is 21.5 Å². The van der Waals surface area contributed by atoms with Crippen LogP contribution in [-0.4, -0.2) is 11.9 Å². The zero-order chi connectivity index (χ0) is 22.7. The third-order valence-electron chi connectivity index (χ3n) is 3.97. The van der Waals surface area contributed by atoms with Crippen molar-refractivity contribution < 1.29 is 23.1 Å². The predicted molar refractivity (Wildman–Crippen MR) is 118 cm³/mol. The minimum atomic E-state index is -1.24. The van der Waals surface area contributed by atoms with Gasteiger partial charge in [0.15, 0.2) is 5.75 Å². The van der Waals surface area contributed by atoms with Crippen molar-refractivity contribution in [2.24, 2.45) is 0 Å². The fourth-order valence-electron chi connectivity index (χ4n) is 2.57. The average molecular weight is 530 g/mol. The molecule has 3 aromatic carbocycles. The molecular formula is C21H13BrCl2F2N2O3. The molecule has 160 valence electrons. The smallest absolute Gasteiger partial charge is 0.326 e. The Morgan fingerprint density at radius 2 is 1.61 bits per heavy atom. The first-order valence-electron chi connectivity index (χ1n) is 8.65. The van der Waals surface area contributed by atoms with Gasteiger partial charge < -0.3 is 10.1 Å². The molecule has 0 spiro atoms. The lowest BCUT2D eigenvalue weighted by atomic mass is 10.2. The molecule has 3 aromatic rings. The molecule has 5 nitrogen and oxygen atoms in total. The van der Waals surface area contributed by atoms with Gasteiger partial charge in [-0.25, -0.2) is 13.6 Å². The third kappa shape index (κ3) is 5.52. The molecule has 2 N–H and O–H groups in total. The zero-order valence-electron chi connectivity index (χ0n) is 15.7. The van der Waals surface area contributed by atoms with Gasteiger partial charge >= 0.3 is 6.03 Å². The Bertz CT molecular complexity index is 1150. The highest BCUT2D eigenvalue weighted by atomic mass is 79.9. The Hall–Kier alpha value is -2.68. The number of hydrogen-bond acceptors (Lipinski definition) is 3. The van der Waals surface area contributed by atoms with E-state index in [4.69, 9.17) is 27.9 Å². The maximum absolute atomic E-state index is 13.7. The van der Waals surface area contributed by atoms with Crippen LogP contribution in [0.1, 0.15) is 15.9 Å². The van der Waals surface area contributed by atoms with Crippen molar-refractivity contribution in [1.82, 2.24) is 5.32 Å². The van der Waals surface area contributed by atoms with E-state index < -0.39 is 29.1 Å². The lowest BCUT2D eigenvalue weighted by Crippen LogP contribution is -2.35. The van der Waals surface area contributed by atoms with E-state index in [1.807, 2.05) is 24.4 Å². The number of halogens is 5. The van der Waals surface area contributed by atoms with Gasteiger partial charge in [0.05, 0.1) is 14.5 Å². The second-order valence-electron chi connectivity index (χ2n) is 6.31. The van der Waals surface area contributed by atoms with E-state index in [2.05, 4.69) is 21.2 Å². The van der Waals surface area contributed by atoms with Crippen LogP contribution in [0.2, 0.25) is 10.0 Å². The summed E-state index contributed by atoms with van der Waals surface area (Å²) in [5, 5.41) is 4.33. The number of benzene rings is 3. The Morgan fingerprint density at radius 1 is 1.00 bits per heavy atom. The molecule has 0 saturated heterocycles. The highest BCUT2D eigenvalue weighted by Crippen LogP contribution is 2.40. The van der Waals surface area contributed by atoms with Crippen molar-refractivity contribution in [3.8, 4) is 11.5 Å². The number of nitrogens with one attached hydrogen (secondary N) is 2. The lowest BCUT2D eigenvalue weighted by molar-refractivity contribution is 0.0959. The van der Waals surface area contributed by atoms with Gasteiger partial charge in [-0.2, -0.15) is 0 Å². The molecule has 0 aromatic heterocycles. The maximum Gasteiger partial charge on any atom is 0.326 e. The van der Waals surface area contributed by atoms with Crippen molar-refractivity contribution in [2.75, 3.05) is 5.32 Å². The lowest BCUT2D eigenvalue weighted by Gasteiger charge is -2.14. The summed E-state index contributed by atoms with van der Waals surface area (Å²) < 4.78 is 33.8. The van der Waals surface area contributed by atoms with Crippen LogP contribution in [-0.2, 0) is 0 Å². The number of anilines is 1. The summed E-state index contributed by atoms with van der Waals surface area (Å²) in [6, 6.07) is 10.0. The van der Waals surface area contributed by atoms with Crippen LogP contribution in [0.3, 0.4) is 0 Å². The van der Waals surface area contributed by atoms with Gasteiger partial charge in [0, 0.05) is 5.69 Å². The first-order valence-corrected chi connectivity index (χ1v) is 10.2. The van der Waals surface area contributed by atoms with Gasteiger partial charge in [0.25, 0.3) is 5.91 Å². The first kappa shape index (κ1) is 23.0. The van der Waals surface area contributed by atoms with Gasteiger partial charge in [-0.1, -0.05) is 35.3 Å². The van der Waals surface area contributed by atoms with Crippen molar-refractivity contribution in [3.05, 3.63) is 85.8 Å². The molecule has 0 aliphatic carbocycles. The predicted octanol–water partition coefficient (Wildman–Crippen LogP) is 7.10. The molecule has 0 aliphatic rings. The largest absolute Gasteiger partial charge is 0.453 e. The molecule has 0 fully saturated rings. The number of carbonyl (C=O) groups is 2. The van der Waals surface area contributed by atoms with Crippen LogP contribution in [0.15, 0.2) is 53.0 Å². The van der Waals surface area contributed by atoms with Crippen molar-refractivity contribution in [3.63, 3.8) is 0 Å². The molecular weight excluding hydrogens is 517 g/mol. The molecule has 0 atom stereocenters. The van der Waals surface area contributed by atoms with Crippen LogP contribution in [0.25, 0.3) is 0 Å². The van der Waals surface area contributed by atoms with Gasteiger partial charge in [-0.05, 0) is 64.8 Å². The molecule has 0 unspecified atom stereocenters. The molecule has 10 heteroatoms. The van der Waals surface area contributed by atoms with Gasteiger partial charge in [-0.3, -0.25) is 10.1 Å². The minimum Gasteiger partial charge on any atom is -0.453 e. The van der Waals surface area contributed by atoms with E-state index in [9.17, 15) is 18.4 Å². The van der Waals surface area contributed by atoms with Gasteiger partial charge in [-0.15, -0.1) is 0 Å². The van der Waals surface area contributed by atoms with E-state index >= 15 is 0 Å². The molecule has 3 amide bonds. The average Bonchev–Trinajstić information content (AvgIpc) is 2.65. The van der Waals surface area contributed by atoms with Crippen LogP contribution in [0, 0.1) is 18.6 Å². The third-order valence-corrected chi connectivity index (χ3v) is 5.15. The Morgan fingerprint density at radius 3 is 2.19 bits per heavy atom. The highest BCUT2D eigenvalue weighted by molar-refractivity contribution is 9.10. The number of urea groups is 1. The van der Waals surface area contributed by atoms with E-state index in [1.54, 1.807) is 6.07 Å². The Balaban J connectivity index is 1.74. The quantitative estimate of drug-likeness (QED) is 0.379. The van der Waals surface area contributed by atoms with Crippen molar-refractivity contribution >= 4 is 56.8 Å². The first-order chi connectivity index (χ1) is 14.7. The van der Waals surface area contributed by atoms with E-state index in [0.717, 1.165) is 23.8 Å². The zero-order valence-corrected chi connectivity index (χ0v) is 18.8. The van der Waals surface area contributed by atoms with Crippen molar-refractivity contribution in [1.29, 1.82) is 0 Å². The molecule has 0 saturated carbocycles. The summed E-state index contributed by atoms with van der Waals surface area (Å²) in [6.45, 7) is 1.92. The number of rotatable bonds is 4. The summed E-state index contributed by atoms with van der Waals surface area (Å²) >= 11 is 15.9. The number of hydrogen-bond donors (Lipinski definition) is 2. The summed E-state index contributed by atoms with van der Waals surface area (Å²) in [4.78, 5) is 24.1. The fraction of sp³-hybridized carbons (Fsp3) is 0.0476. The van der Waals surface area contributed by atoms with Crippen molar-refractivity contribution in [2.45, 2.75) is 6.92 Å². The summed E-state index contributed by atoms with van der Waals surface area (Å²) in [7, 11) is 0. The van der Waals surface area contributed by atoms with E-state index in [1.165, 1.54) is 12.1 Å². The summed E-state index contributed by atoms with van der Waals surface area (Å²) in [5.41, 5.74) is 0.276. The fourth-order valence-corrected chi connectivity index (χ4v) is 3.71. The monoisotopic (exact) mass is 528 g/mol. The maximum atomic E-state index is 13.7. The molecule has 31 heavy (non-hydrogen) atoms. The number of carbonyl (C=O) groups excluding carboxylic acids is 2. The Kier molecular flexibility index (Phi) is 7.15. The number of ether oxygens (including phenoxy) is 1. The number of amides is 3. The number of imide groups is 1. The minimum absolute atomic E-state index is 0.0850. The van der Waals surface area contributed by atoms with Crippen LogP contribution in [0.5, 0.6) is 11.5 Å². The number of aryl methyl sites for hydroxylation is 1. The van der Waals surface area contributed by atoms with E-state index in [0.29, 0.717) is 10.2 Å². The molecule has 0 aliphatic heterocycles. The van der Waals surface area contributed by atoms with Gasteiger partial charge in [0.1, 0.15) is 22.9 Å². The second-order valence-corrected chi connectivity index (χ2v) is 7.98. The topological polar surface area (TPSA) is 67.4 Å². The SMILES string of the molecule is Cc1ccc(Oc2c(Cl)cc(NC(=O)NC(=O)c3c(F)cccc3F)cc2Cl)c(Br)c1. The standard InChI is InChI=1S/C21H13BrCl2F2N2O3/c1-10-5-6-17(12(22)7-10)31-19-13(23)8-11(9-14(19)24)27-21(30)28-20(29)18-15(25)3-2-4-16(18)26/h2-9H,1H3,(H2,27,28,29,30). The van der Waals surface area contributed by atoms with Gasteiger partial charge in [0.2, 0.25) is 0 Å². The van der Waals surface area contributed by atoms with Crippen LogP contribution >= 0.6 is 39.1 Å². The summed E-state index contributed by atoms with van der Waals surface area (Å²) in [6.07, 6.45) is 0. The molecule has 0 heterocycles. The summed E-state index contributed by atoms with van der Waals surface area (Å²) in [5.74, 6) is -2.80. The molecule has 0 bridgehead atoms. The Labute approximate surface area is 194 Å². The molecule has 0 radical (unpaired) electrons. The van der Waals surface area contributed by atoms with Crippen LogP contribution in [0.4, 0.5) is 19.3 Å².